The SMILES string of the molecule is CN(C)c1ccc(C(=O)OCC(=O)N2CCCC2)cc1N. The van der Waals surface area contributed by atoms with E-state index >= 15 is 0 Å². The normalized spacial score (nSPS) is 14.1. The lowest BCUT2D eigenvalue weighted by Crippen LogP contribution is -2.32. The van der Waals surface area contributed by atoms with Crippen LogP contribution in [-0.4, -0.2) is 50.6 Å². The Morgan fingerprint density at radius 1 is 1.29 bits per heavy atom. The number of carbonyl (C=O) groups is 2. The molecule has 1 saturated heterocycles. The van der Waals surface area contributed by atoms with Crippen molar-refractivity contribution in [2.45, 2.75) is 12.8 Å². The lowest BCUT2D eigenvalue weighted by molar-refractivity contribution is -0.133. The Labute approximate surface area is 124 Å². The molecule has 0 atom stereocenters. The van der Waals surface area contributed by atoms with E-state index in [2.05, 4.69) is 0 Å². The van der Waals surface area contributed by atoms with Gasteiger partial charge in [-0.25, -0.2) is 4.79 Å². The lowest BCUT2D eigenvalue weighted by atomic mass is 10.1. The number of ether oxygens (including phenoxy) is 1. The summed E-state index contributed by atoms with van der Waals surface area (Å²) in [6.07, 6.45) is 2.03. The minimum Gasteiger partial charge on any atom is -0.452 e. The summed E-state index contributed by atoms with van der Waals surface area (Å²) in [6, 6.07) is 4.97. The molecule has 1 aromatic rings. The maximum absolute atomic E-state index is 11.9. The minimum absolute atomic E-state index is 0.140. The highest BCUT2D eigenvalue weighted by Crippen LogP contribution is 2.22. The number of amides is 1. The highest BCUT2D eigenvalue weighted by molar-refractivity contribution is 5.93. The Balaban J connectivity index is 1.94. The average Bonchev–Trinajstić information content (AvgIpc) is 2.98. The molecule has 0 bridgehead atoms. The van der Waals surface area contributed by atoms with E-state index in [1.807, 2.05) is 19.0 Å². The third-order valence-corrected chi connectivity index (χ3v) is 3.53. The summed E-state index contributed by atoms with van der Waals surface area (Å²) in [7, 11) is 3.75. The summed E-state index contributed by atoms with van der Waals surface area (Å²) in [5.74, 6) is -0.668. The van der Waals surface area contributed by atoms with Crippen molar-refractivity contribution in [3.8, 4) is 0 Å². The van der Waals surface area contributed by atoms with Gasteiger partial charge in [0.05, 0.1) is 16.9 Å². The van der Waals surface area contributed by atoms with Crippen LogP contribution in [0.5, 0.6) is 0 Å². The maximum Gasteiger partial charge on any atom is 0.338 e. The molecule has 0 aromatic heterocycles. The quantitative estimate of drug-likeness (QED) is 0.664. The van der Waals surface area contributed by atoms with Gasteiger partial charge in [-0.2, -0.15) is 0 Å². The van der Waals surface area contributed by atoms with Gasteiger partial charge in [-0.3, -0.25) is 4.79 Å². The van der Waals surface area contributed by atoms with Crippen LogP contribution in [0.15, 0.2) is 18.2 Å². The van der Waals surface area contributed by atoms with E-state index in [9.17, 15) is 9.59 Å². The predicted molar refractivity (Wildman–Crippen MR) is 81.3 cm³/mol. The van der Waals surface area contributed by atoms with Crippen molar-refractivity contribution in [3.05, 3.63) is 23.8 Å². The van der Waals surface area contributed by atoms with Gasteiger partial charge in [-0.15, -0.1) is 0 Å². The monoisotopic (exact) mass is 291 g/mol. The molecule has 0 radical (unpaired) electrons. The van der Waals surface area contributed by atoms with E-state index in [0.717, 1.165) is 31.6 Å². The molecule has 1 amide bonds. The first-order valence-electron chi connectivity index (χ1n) is 7.01. The van der Waals surface area contributed by atoms with Crippen LogP contribution >= 0.6 is 0 Å². The molecule has 2 N–H and O–H groups in total. The zero-order valence-electron chi connectivity index (χ0n) is 12.5. The molecule has 2 rings (SSSR count). The number of anilines is 2. The van der Waals surface area contributed by atoms with Crippen LogP contribution in [0.4, 0.5) is 11.4 Å². The van der Waals surface area contributed by atoms with Crippen molar-refractivity contribution >= 4 is 23.3 Å². The Morgan fingerprint density at radius 3 is 2.52 bits per heavy atom. The van der Waals surface area contributed by atoms with E-state index in [4.69, 9.17) is 10.5 Å². The van der Waals surface area contributed by atoms with Crippen molar-refractivity contribution < 1.29 is 14.3 Å². The van der Waals surface area contributed by atoms with Crippen LogP contribution in [0.2, 0.25) is 0 Å². The number of hydrogen-bond donors (Lipinski definition) is 1. The van der Waals surface area contributed by atoms with Crippen LogP contribution in [0, 0.1) is 0 Å². The molecule has 1 heterocycles. The number of nitrogen functional groups attached to an aromatic ring is 1. The standard InChI is InChI=1S/C15H21N3O3/c1-17(2)13-6-5-11(9-12(13)16)15(20)21-10-14(19)18-7-3-4-8-18/h5-6,9H,3-4,7-8,10,16H2,1-2H3. The predicted octanol–water partition coefficient (Wildman–Crippen LogP) is 1.11. The van der Waals surface area contributed by atoms with E-state index < -0.39 is 5.97 Å². The van der Waals surface area contributed by atoms with Gasteiger partial charge in [0.25, 0.3) is 5.91 Å². The molecule has 6 heteroatoms. The van der Waals surface area contributed by atoms with Gasteiger partial charge in [-0.05, 0) is 31.0 Å². The second-order valence-electron chi connectivity index (χ2n) is 5.33. The summed E-state index contributed by atoms with van der Waals surface area (Å²) in [6.45, 7) is 1.29. The third-order valence-electron chi connectivity index (χ3n) is 3.53. The molecule has 1 aliphatic heterocycles. The number of benzene rings is 1. The molecule has 0 spiro atoms. The topological polar surface area (TPSA) is 75.9 Å². The first-order valence-corrected chi connectivity index (χ1v) is 7.01. The molecule has 114 valence electrons. The van der Waals surface area contributed by atoms with Gasteiger partial charge in [-0.1, -0.05) is 0 Å². The van der Waals surface area contributed by atoms with Gasteiger partial charge in [0.1, 0.15) is 0 Å². The number of nitrogens with two attached hydrogens (primary N) is 1. The van der Waals surface area contributed by atoms with Crippen molar-refractivity contribution in [2.75, 3.05) is 44.4 Å². The van der Waals surface area contributed by atoms with Crippen LogP contribution in [0.1, 0.15) is 23.2 Å². The second kappa shape index (κ2) is 6.47. The molecule has 0 unspecified atom stereocenters. The van der Waals surface area contributed by atoms with Gasteiger partial charge in [0.15, 0.2) is 6.61 Å². The zero-order chi connectivity index (χ0) is 15.4. The summed E-state index contributed by atoms with van der Waals surface area (Å²) in [4.78, 5) is 27.3. The fraction of sp³-hybridized carbons (Fsp3) is 0.467. The third kappa shape index (κ3) is 3.65. The van der Waals surface area contributed by atoms with Gasteiger partial charge < -0.3 is 20.3 Å². The minimum atomic E-state index is -0.528. The van der Waals surface area contributed by atoms with E-state index in [1.54, 1.807) is 23.1 Å². The molecule has 1 fully saturated rings. The van der Waals surface area contributed by atoms with Crippen LogP contribution in [-0.2, 0) is 9.53 Å². The van der Waals surface area contributed by atoms with Crippen molar-refractivity contribution in [1.29, 1.82) is 0 Å². The summed E-state index contributed by atoms with van der Waals surface area (Å²) < 4.78 is 5.06. The number of nitrogens with zero attached hydrogens (tertiary/aromatic N) is 2. The lowest BCUT2D eigenvalue weighted by Gasteiger charge is -2.16. The molecule has 6 nitrogen and oxygen atoms in total. The number of rotatable bonds is 4. The van der Waals surface area contributed by atoms with Crippen molar-refractivity contribution in [2.24, 2.45) is 0 Å². The highest BCUT2D eigenvalue weighted by atomic mass is 16.5. The summed E-state index contributed by atoms with van der Waals surface area (Å²) in [5.41, 5.74) is 7.58. The Hall–Kier alpha value is -2.24. The number of hydrogen-bond acceptors (Lipinski definition) is 5. The van der Waals surface area contributed by atoms with E-state index in [1.165, 1.54) is 0 Å². The Kier molecular flexibility index (Phi) is 4.67. The first kappa shape index (κ1) is 15.2. The molecule has 1 aromatic carbocycles. The van der Waals surface area contributed by atoms with Crippen molar-refractivity contribution in [3.63, 3.8) is 0 Å². The summed E-state index contributed by atoms with van der Waals surface area (Å²) >= 11 is 0. The van der Waals surface area contributed by atoms with Crippen LogP contribution in [0.3, 0.4) is 0 Å². The highest BCUT2D eigenvalue weighted by Gasteiger charge is 2.19. The number of carbonyl (C=O) groups excluding carboxylic acids is 2. The molecule has 1 aliphatic rings. The largest absolute Gasteiger partial charge is 0.452 e. The molecule has 0 saturated carbocycles. The number of likely N-dealkylation sites (tertiary alicyclic amines) is 1. The first-order chi connectivity index (χ1) is 9.99. The fourth-order valence-electron chi connectivity index (χ4n) is 2.36. The van der Waals surface area contributed by atoms with Gasteiger partial charge in [0.2, 0.25) is 0 Å². The molecule has 21 heavy (non-hydrogen) atoms. The molecular weight excluding hydrogens is 270 g/mol. The van der Waals surface area contributed by atoms with Crippen LogP contribution < -0.4 is 10.6 Å². The van der Waals surface area contributed by atoms with Gasteiger partial charge in [0, 0.05) is 27.2 Å². The van der Waals surface area contributed by atoms with Crippen molar-refractivity contribution in [1.82, 2.24) is 4.90 Å². The van der Waals surface area contributed by atoms with Gasteiger partial charge >= 0.3 is 5.97 Å². The number of esters is 1. The smallest absolute Gasteiger partial charge is 0.338 e. The molecule has 0 aliphatic carbocycles. The van der Waals surface area contributed by atoms with E-state index in [-0.39, 0.29) is 12.5 Å². The second-order valence-corrected chi connectivity index (χ2v) is 5.33. The average molecular weight is 291 g/mol. The Bertz CT molecular complexity index is 537. The maximum atomic E-state index is 11.9. The van der Waals surface area contributed by atoms with Crippen LogP contribution in [0.25, 0.3) is 0 Å². The summed E-state index contributed by atoms with van der Waals surface area (Å²) in [5, 5.41) is 0. The fourth-order valence-corrected chi connectivity index (χ4v) is 2.36. The Morgan fingerprint density at radius 2 is 1.95 bits per heavy atom. The zero-order valence-corrected chi connectivity index (χ0v) is 12.5. The van der Waals surface area contributed by atoms with E-state index in [0.29, 0.717) is 11.3 Å². The molecular formula is C15H21N3O3.